The Kier molecular flexibility index (Phi) is 3.81. The monoisotopic (exact) mass is 271 g/mol. The van der Waals surface area contributed by atoms with Crippen LogP contribution in [0.25, 0.3) is 0 Å². The number of piperidine rings is 1. The van der Waals surface area contributed by atoms with E-state index in [2.05, 4.69) is 38.4 Å². The average molecular weight is 272 g/mol. The molecule has 1 aromatic heterocycles. The lowest BCUT2D eigenvalue weighted by molar-refractivity contribution is 0.453. The summed E-state index contributed by atoms with van der Waals surface area (Å²) in [7, 11) is 0. The van der Waals surface area contributed by atoms with Crippen LogP contribution in [0.2, 0.25) is 0 Å². The molecule has 2 N–H and O–H groups in total. The SMILES string of the molecule is CCCc1[nH]nc(C2CCCNC2)c1Br. The normalized spacial score (nSPS) is 21.9. The third-order valence-electron chi connectivity index (χ3n) is 2.98. The highest BCUT2D eigenvalue weighted by atomic mass is 79.9. The van der Waals surface area contributed by atoms with Gasteiger partial charge >= 0.3 is 0 Å². The van der Waals surface area contributed by atoms with Crippen LogP contribution in [0, 0.1) is 0 Å². The highest BCUT2D eigenvalue weighted by Gasteiger charge is 2.21. The smallest absolute Gasteiger partial charge is 0.0810 e. The first-order chi connectivity index (χ1) is 7.33. The molecule has 3 nitrogen and oxygen atoms in total. The largest absolute Gasteiger partial charge is 0.316 e. The number of H-pyrrole nitrogens is 1. The summed E-state index contributed by atoms with van der Waals surface area (Å²) in [6.07, 6.45) is 4.74. The van der Waals surface area contributed by atoms with Crippen LogP contribution in [0.15, 0.2) is 4.47 Å². The third kappa shape index (κ3) is 2.42. The third-order valence-corrected chi connectivity index (χ3v) is 3.87. The maximum absolute atomic E-state index is 4.45. The summed E-state index contributed by atoms with van der Waals surface area (Å²) in [5.74, 6) is 0.579. The summed E-state index contributed by atoms with van der Waals surface area (Å²) in [5.41, 5.74) is 2.46. The van der Waals surface area contributed by atoms with Gasteiger partial charge in [0.2, 0.25) is 0 Å². The molecule has 0 aliphatic carbocycles. The van der Waals surface area contributed by atoms with Crippen molar-refractivity contribution in [2.75, 3.05) is 13.1 Å². The number of aryl methyl sites for hydroxylation is 1. The molecule has 2 rings (SSSR count). The Balaban J connectivity index is 2.13. The van der Waals surface area contributed by atoms with E-state index in [9.17, 15) is 0 Å². The van der Waals surface area contributed by atoms with Gasteiger partial charge in [0.25, 0.3) is 0 Å². The van der Waals surface area contributed by atoms with E-state index < -0.39 is 0 Å². The molecule has 84 valence electrons. The molecule has 4 heteroatoms. The van der Waals surface area contributed by atoms with Gasteiger partial charge in [-0.25, -0.2) is 0 Å². The zero-order chi connectivity index (χ0) is 10.7. The van der Waals surface area contributed by atoms with Crippen LogP contribution < -0.4 is 5.32 Å². The molecule has 1 saturated heterocycles. The quantitative estimate of drug-likeness (QED) is 0.888. The van der Waals surface area contributed by atoms with Crippen molar-refractivity contribution in [1.29, 1.82) is 0 Å². The molecule has 1 aliphatic heterocycles. The molecule has 1 unspecified atom stereocenters. The van der Waals surface area contributed by atoms with Gasteiger partial charge in [-0.3, -0.25) is 5.10 Å². The molecule has 2 heterocycles. The zero-order valence-electron chi connectivity index (χ0n) is 9.15. The maximum atomic E-state index is 4.45. The van der Waals surface area contributed by atoms with Crippen molar-refractivity contribution < 1.29 is 0 Å². The summed E-state index contributed by atoms with van der Waals surface area (Å²) in [4.78, 5) is 0. The van der Waals surface area contributed by atoms with Crippen molar-refractivity contribution in [1.82, 2.24) is 15.5 Å². The molecule has 0 saturated carbocycles. The Morgan fingerprint density at radius 1 is 1.53 bits per heavy atom. The Morgan fingerprint density at radius 2 is 2.40 bits per heavy atom. The molecule has 1 atom stereocenters. The second kappa shape index (κ2) is 5.12. The molecule has 15 heavy (non-hydrogen) atoms. The number of rotatable bonds is 3. The van der Waals surface area contributed by atoms with Gasteiger partial charge in [-0.2, -0.15) is 5.10 Å². The van der Waals surface area contributed by atoms with Crippen LogP contribution in [0.1, 0.15) is 43.5 Å². The fourth-order valence-electron chi connectivity index (χ4n) is 2.15. The van der Waals surface area contributed by atoms with Crippen LogP contribution >= 0.6 is 15.9 Å². The van der Waals surface area contributed by atoms with Gasteiger partial charge in [0.15, 0.2) is 0 Å². The van der Waals surface area contributed by atoms with E-state index >= 15 is 0 Å². The second-order valence-corrected chi connectivity index (χ2v) is 4.99. The van der Waals surface area contributed by atoms with Crippen molar-refractivity contribution >= 4 is 15.9 Å². The van der Waals surface area contributed by atoms with Gasteiger partial charge in [0.05, 0.1) is 10.2 Å². The standard InChI is InChI=1S/C11H18BrN3/c1-2-4-9-10(12)11(15-14-9)8-5-3-6-13-7-8/h8,13H,2-7H2,1H3,(H,14,15). The minimum atomic E-state index is 0.579. The van der Waals surface area contributed by atoms with Crippen LogP contribution in [0.4, 0.5) is 0 Å². The van der Waals surface area contributed by atoms with Crippen molar-refractivity contribution in [2.45, 2.75) is 38.5 Å². The summed E-state index contributed by atoms with van der Waals surface area (Å²) in [6.45, 7) is 4.41. The molecular weight excluding hydrogens is 254 g/mol. The van der Waals surface area contributed by atoms with Crippen molar-refractivity contribution in [3.05, 3.63) is 15.9 Å². The van der Waals surface area contributed by atoms with Gasteiger partial charge in [0.1, 0.15) is 0 Å². The molecule has 0 bridgehead atoms. The number of aromatic amines is 1. The molecule has 0 spiro atoms. The molecule has 1 aromatic rings. The number of halogens is 1. The van der Waals surface area contributed by atoms with E-state index in [1.165, 1.54) is 28.7 Å². The van der Waals surface area contributed by atoms with Crippen LogP contribution in [0.5, 0.6) is 0 Å². The van der Waals surface area contributed by atoms with Gasteiger partial charge in [0, 0.05) is 18.2 Å². The van der Waals surface area contributed by atoms with Gasteiger partial charge in [-0.1, -0.05) is 13.3 Å². The highest BCUT2D eigenvalue weighted by Crippen LogP contribution is 2.30. The van der Waals surface area contributed by atoms with Crippen molar-refractivity contribution in [2.24, 2.45) is 0 Å². The Morgan fingerprint density at radius 3 is 3.07 bits per heavy atom. The number of aromatic nitrogens is 2. The van der Waals surface area contributed by atoms with E-state index in [0.29, 0.717) is 5.92 Å². The molecule has 0 aromatic carbocycles. The fraction of sp³-hybridized carbons (Fsp3) is 0.727. The zero-order valence-corrected chi connectivity index (χ0v) is 10.7. The predicted octanol–water partition coefficient (Wildman–Crippen LogP) is 2.59. The summed E-state index contributed by atoms with van der Waals surface area (Å²) in [5, 5.41) is 11.0. The van der Waals surface area contributed by atoms with Crippen molar-refractivity contribution in [3.63, 3.8) is 0 Å². The van der Waals surface area contributed by atoms with Crippen LogP contribution in [-0.4, -0.2) is 23.3 Å². The number of hydrogen-bond acceptors (Lipinski definition) is 2. The maximum Gasteiger partial charge on any atom is 0.0810 e. The first kappa shape index (κ1) is 11.1. The number of nitrogens with one attached hydrogen (secondary N) is 2. The van der Waals surface area contributed by atoms with Crippen molar-refractivity contribution in [3.8, 4) is 0 Å². The second-order valence-electron chi connectivity index (χ2n) is 4.19. The predicted molar refractivity (Wildman–Crippen MR) is 65.1 cm³/mol. The Labute approximate surface area is 99.2 Å². The van der Waals surface area contributed by atoms with E-state index in [-0.39, 0.29) is 0 Å². The average Bonchev–Trinajstić information content (AvgIpc) is 2.63. The first-order valence-corrected chi connectivity index (χ1v) is 6.55. The first-order valence-electron chi connectivity index (χ1n) is 5.76. The lowest BCUT2D eigenvalue weighted by Crippen LogP contribution is -2.28. The van der Waals surface area contributed by atoms with E-state index in [1.54, 1.807) is 0 Å². The van der Waals surface area contributed by atoms with E-state index in [0.717, 1.165) is 25.9 Å². The van der Waals surface area contributed by atoms with E-state index in [4.69, 9.17) is 0 Å². The minimum absolute atomic E-state index is 0.579. The van der Waals surface area contributed by atoms with E-state index in [1.807, 2.05) is 0 Å². The molecule has 1 fully saturated rings. The van der Waals surface area contributed by atoms with Gasteiger partial charge < -0.3 is 5.32 Å². The fourth-order valence-corrected chi connectivity index (χ4v) is 2.85. The molecule has 0 radical (unpaired) electrons. The minimum Gasteiger partial charge on any atom is -0.316 e. The van der Waals surface area contributed by atoms with Gasteiger partial charge in [-0.05, 0) is 41.7 Å². The highest BCUT2D eigenvalue weighted by molar-refractivity contribution is 9.10. The van der Waals surface area contributed by atoms with Crippen LogP contribution in [0.3, 0.4) is 0 Å². The number of hydrogen-bond donors (Lipinski definition) is 2. The summed E-state index contributed by atoms with van der Waals surface area (Å²) >= 11 is 3.67. The molecule has 1 aliphatic rings. The molecule has 0 amide bonds. The molecular formula is C11H18BrN3. The van der Waals surface area contributed by atoms with Crippen LogP contribution in [-0.2, 0) is 6.42 Å². The lowest BCUT2D eigenvalue weighted by Gasteiger charge is -2.21. The van der Waals surface area contributed by atoms with Gasteiger partial charge in [-0.15, -0.1) is 0 Å². The summed E-state index contributed by atoms with van der Waals surface area (Å²) in [6, 6.07) is 0. The number of nitrogens with zero attached hydrogens (tertiary/aromatic N) is 1. The Hall–Kier alpha value is -0.350. The Bertz CT molecular complexity index is 316. The lowest BCUT2D eigenvalue weighted by atomic mass is 9.96. The summed E-state index contributed by atoms with van der Waals surface area (Å²) < 4.78 is 1.21. The topological polar surface area (TPSA) is 40.7 Å².